The van der Waals surface area contributed by atoms with Gasteiger partial charge in [-0.15, -0.1) is 0 Å². The molecule has 5 nitrogen and oxygen atoms in total. The summed E-state index contributed by atoms with van der Waals surface area (Å²) in [5, 5.41) is 10.2. The first-order valence-corrected chi connectivity index (χ1v) is 10.1. The third-order valence-electron chi connectivity index (χ3n) is 7.16. The summed E-state index contributed by atoms with van der Waals surface area (Å²) in [7, 11) is 2.20. The number of piperidine rings is 1. The van der Waals surface area contributed by atoms with Crippen molar-refractivity contribution in [3.05, 3.63) is 0 Å². The lowest BCUT2D eigenvalue weighted by atomic mass is 9.49. The normalized spacial score (nSPS) is 39.4. The molecule has 0 aromatic heterocycles. The number of nitrogens with one attached hydrogen (secondary N) is 1. The second-order valence-corrected chi connectivity index (χ2v) is 9.13. The van der Waals surface area contributed by atoms with E-state index >= 15 is 0 Å². The first-order valence-electron chi connectivity index (χ1n) is 10.1. The van der Waals surface area contributed by atoms with Gasteiger partial charge in [-0.3, -0.25) is 9.59 Å². The van der Waals surface area contributed by atoms with E-state index in [1.165, 1.54) is 64.3 Å². The largest absolute Gasteiger partial charge is 0.483 e. The molecule has 0 spiro atoms. The minimum Gasteiger partial charge on any atom is -0.483 e. The highest BCUT2D eigenvalue weighted by Gasteiger charge is 2.51. The van der Waals surface area contributed by atoms with Gasteiger partial charge in [0.15, 0.2) is 0 Å². The quantitative estimate of drug-likeness (QED) is 0.765. The van der Waals surface area contributed by atoms with Crippen LogP contribution in [0.3, 0.4) is 0 Å². The maximum Gasteiger partial charge on any atom is 0.290 e. The Kier molecular flexibility index (Phi) is 6.03. The van der Waals surface area contributed by atoms with Crippen molar-refractivity contribution < 1.29 is 14.7 Å². The van der Waals surface area contributed by atoms with Crippen LogP contribution in [0.2, 0.25) is 0 Å². The van der Waals surface area contributed by atoms with Crippen molar-refractivity contribution in [1.82, 2.24) is 10.2 Å². The number of carbonyl (C=O) groups is 2. The van der Waals surface area contributed by atoms with Crippen LogP contribution in [-0.2, 0) is 9.59 Å². The van der Waals surface area contributed by atoms with Crippen molar-refractivity contribution in [1.29, 1.82) is 0 Å². The Morgan fingerprint density at radius 3 is 2.24 bits per heavy atom. The molecule has 5 rings (SSSR count). The molecule has 5 fully saturated rings. The van der Waals surface area contributed by atoms with Crippen LogP contribution in [-0.4, -0.2) is 48.6 Å². The summed E-state index contributed by atoms with van der Waals surface area (Å²) >= 11 is 0. The fourth-order valence-electron chi connectivity index (χ4n) is 6.54. The second-order valence-electron chi connectivity index (χ2n) is 9.13. The van der Waals surface area contributed by atoms with Crippen LogP contribution < -0.4 is 5.32 Å². The molecule has 1 aliphatic heterocycles. The van der Waals surface area contributed by atoms with Gasteiger partial charge in [0, 0.05) is 19.0 Å². The molecule has 2 N–H and O–H groups in total. The van der Waals surface area contributed by atoms with E-state index in [0.717, 1.165) is 30.7 Å². The zero-order valence-corrected chi connectivity index (χ0v) is 15.6. The predicted molar refractivity (Wildman–Crippen MR) is 97.2 cm³/mol. The number of hydrogen-bond acceptors (Lipinski definition) is 3. The van der Waals surface area contributed by atoms with E-state index in [0.29, 0.717) is 17.4 Å². The summed E-state index contributed by atoms with van der Waals surface area (Å²) in [5.74, 6) is 3.18. The molecule has 0 radical (unpaired) electrons. The fourth-order valence-corrected chi connectivity index (χ4v) is 6.54. The van der Waals surface area contributed by atoms with Gasteiger partial charge in [-0.1, -0.05) is 6.42 Å². The Labute approximate surface area is 151 Å². The Bertz CT molecular complexity index is 444. The van der Waals surface area contributed by atoms with Crippen LogP contribution in [0.4, 0.5) is 0 Å². The van der Waals surface area contributed by atoms with E-state index in [1.54, 1.807) is 0 Å². The number of likely N-dealkylation sites (N-methyl/N-ethyl adjacent to an activating group) is 1. The van der Waals surface area contributed by atoms with Gasteiger partial charge in [0.25, 0.3) is 6.47 Å². The topological polar surface area (TPSA) is 69.6 Å². The molecule has 1 amide bonds. The molecule has 142 valence electrons. The van der Waals surface area contributed by atoms with E-state index in [9.17, 15) is 4.79 Å². The summed E-state index contributed by atoms with van der Waals surface area (Å²) in [6, 6.07) is 0.564. The smallest absolute Gasteiger partial charge is 0.290 e. The summed E-state index contributed by atoms with van der Waals surface area (Å²) in [6.45, 7) is 1.80. The van der Waals surface area contributed by atoms with Crippen LogP contribution in [0.25, 0.3) is 0 Å². The molecular weight excluding hydrogens is 316 g/mol. The van der Waals surface area contributed by atoms with E-state index in [4.69, 9.17) is 9.90 Å². The first kappa shape index (κ1) is 18.7. The highest BCUT2D eigenvalue weighted by molar-refractivity contribution is 5.76. The third-order valence-corrected chi connectivity index (χ3v) is 7.16. The molecule has 0 aromatic rings. The van der Waals surface area contributed by atoms with Crippen LogP contribution in [0.15, 0.2) is 0 Å². The molecule has 4 bridgehead atoms. The SMILES string of the molecule is CN1CCCCC1CNC(=O)CC12CC3CC(CC(C3)C1)C2.O=CO. The van der Waals surface area contributed by atoms with Gasteiger partial charge in [0.05, 0.1) is 0 Å². The van der Waals surface area contributed by atoms with Gasteiger partial charge in [0.2, 0.25) is 5.91 Å². The maximum absolute atomic E-state index is 12.5. The minimum absolute atomic E-state index is 0.250. The van der Waals surface area contributed by atoms with Gasteiger partial charge in [-0.25, -0.2) is 0 Å². The Morgan fingerprint density at radius 2 is 1.72 bits per heavy atom. The molecule has 1 unspecified atom stereocenters. The number of carbonyl (C=O) groups excluding carboxylic acids is 1. The first-order chi connectivity index (χ1) is 12.0. The number of rotatable bonds is 4. The van der Waals surface area contributed by atoms with Crippen molar-refractivity contribution in [2.24, 2.45) is 23.2 Å². The predicted octanol–water partition coefficient (Wildman–Crippen LogP) is 2.89. The molecular formula is C20H34N2O3. The number of amides is 1. The van der Waals surface area contributed by atoms with Crippen LogP contribution in [0.5, 0.6) is 0 Å². The molecule has 4 saturated carbocycles. The molecule has 4 aliphatic carbocycles. The molecule has 5 heteroatoms. The zero-order valence-electron chi connectivity index (χ0n) is 15.6. The summed E-state index contributed by atoms with van der Waals surface area (Å²) in [4.78, 5) is 23.3. The van der Waals surface area contributed by atoms with Crippen molar-refractivity contribution >= 4 is 12.4 Å². The molecule has 1 saturated heterocycles. The lowest BCUT2D eigenvalue weighted by Crippen LogP contribution is -2.49. The van der Waals surface area contributed by atoms with E-state index in [2.05, 4.69) is 17.3 Å². The number of carboxylic acid groups (broad SMARTS) is 1. The molecule has 1 heterocycles. The molecule has 0 aromatic carbocycles. The minimum atomic E-state index is -0.250. The third kappa shape index (κ3) is 4.55. The van der Waals surface area contributed by atoms with Gasteiger partial charge in [-0.2, -0.15) is 0 Å². The average molecular weight is 351 g/mol. The average Bonchev–Trinajstić information content (AvgIpc) is 2.53. The van der Waals surface area contributed by atoms with E-state index < -0.39 is 0 Å². The number of nitrogens with zero attached hydrogens (tertiary/aromatic N) is 1. The summed E-state index contributed by atoms with van der Waals surface area (Å²) in [5.41, 5.74) is 0.386. The lowest BCUT2D eigenvalue weighted by molar-refractivity contribution is -0.129. The number of hydrogen-bond donors (Lipinski definition) is 2. The van der Waals surface area contributed by atoms with Crippen LogP contribution in [0.1, 0.15) is 64.2 Å². The molecule has 1 atom stereocenters. The highest BCUT2D eigenvalue weighted by atomic mass is 16.3. The number of likely N-dealkylation sites (tertiary alicyclic amines) is 1. The Balaban J connectivity index is 0.000000569. The van der Waals surface area contributed by atoms with Gasteiger partial charge >= 0.3 is 0 Å². The second kappa shape index (κ2) is 8.07. The Hall–Kier alpha value is -1.10. The van der Waals surface area contributed by atoms with Crippen molar-refractivity contribution in [3.8, 4) is 0 Å². The molecule has 25 heavy (non-hydrogen) atoms. The monoisotopic (exact) mass is 350 g/mol. The summed E-state index contributed by atoms with van der Waals surface area (Å²) < 4.78 is 0. The standard InChI is InChI=1S/C19H32N2O.CH2O2/c1-21-5-3-2-4-17(21)13-20-18(22)12-19-9-14-6-15(10-19)8-16(7-14)11-19;2-1-3/h14-17H,2-13H2,1H3,(H,20,22);1H,(H,2,3). The van der Waals surface area contributed by atoms with Crippen LogP contribution >= 0.6 is 0 Å². The van der Waals surface area contributed by atoms with Gasteiger partial charge in [0.1, 0.15) is 0 Å². The fraction of sp³-hybridized carbons (Fsp3) is 0.900. The van der Waals surface area contributed by atoms with E-state index in [1.807, 2.05) is 0 Å². The lowest BCUT2D eigenvalue weighted by Gasteiger charge is -2.56. The van der Waals surface area contributed by atoms with E-state index in [-0.39, 0.29) is 6.47 Å². The zero-order chi connectivity index (χ0) is 17.9. The summed E-state index contributed by atoms with van der Waals surface area (Å²) in [6.07, 6.45) is 13.1. The van der Waals surface area contributed by atoms with Crippen molar-refractivity contribution in [2.45, 2.75) is 70.3 Å². The maximum atomic E-state index is 12.5. The van der Waals surface area contributed by atoms with Crippen molar-refractivity contribution in [2.75, 3.05) is 20.1 Å². The molecule has 5 aliphatic rings. The van der Waals surface area contributed by atoms with Gasteiger partial charge in [-0.05, 0) is 88.1 Å². The van der Waals surface area contributed by atoms with Crippen LogP contribution in [0, 0.1) is 23.2 Å². The Morgan fingerprint density at radius 1 is 1.16 bits per heavy atom. The highest BCUT2D eigenvalue weighted by Crippen LogP contribution is 2.61. The van der Waals surface area contributed by atoms with Crippen molar-refractivity contribution in [3.63, 3.8) is 0 Å². The van der Waals surface area contributed by atoms with Gasteiger partial charge < -0.3 is 15.3 Å².